The van der Waals surface area contributed by atoms with Crippen molar-refractivity contribution in [3.8, 4) is 0 Å². The van der Waals surface area contributed by atoms with Gasteiger partial charge < -0.3 is 16.4 Å². The van der Waals surface area contributed by atoms with Gasteiger partial charge in [0.2, 0.25) is 5.91 Å². The van der Waals surface area contributed by atoms with Crippen LogP contribution in [0.1, 0.15) is 20.8 Å². The molecule has 0 aliphatic carbocycles. The van der Waals surface area contributed by atoms with Crippen molar-refractivity contribution in [3.63, 3.8) is 0 Å². The van der Waals surface area contributed by atoms with E-state index in [1.165, 1.54) is 18.2 Å². The molecule has 0 aliphatic heterocycles. The molecule has 0 atom stereocenters. The fraction of sp³-hybridized carbons (Fsp3) is 0.417. The van der Waals surface area contributed by atoms with Crippen molar-refractivity contribution in [1.29, 1.82) is 0 Å². The van der Waals surface area contributed by atoms with Crippen LogP contribution in [0.3, 0.4) is 0 Å². The lowest BCUT2D eigenvalue weighted by Crippen LogP contribution is -2.43. The molecule has 1 amide bonds. The maximum absolute atomic E-state index is 12.8. The molecule has 0 radical (unpaired) electrons. The number of carbonyl (C=O) groups is 1. The average Bonchev–Trinajstić information content (AvgIpc) is 2.13. The lowest BCUT2D eigenvalue weighted by atomic mass is 10.1. The Morgan fingerprint density at radius 3 is 2.59 bits per heavy atom. The number of benzene rings is 1. The molecular formula is C12H18FN3O. The second-order valence-electron chi connectivity index (χ2n) is 4.88. The Bertz CT molecular complexity index is 413. The van der Waals surface area contributed by atoms with E-state index < -0.39 is 5.82 Å². The highest BCUT2D eigenvalue weighted by Gasteiger charge is 2.13. The standard InChI is InChI=1S/C12H18FN3O/c1-12(2,3)16-11(17)7-15-10-5-4-8(13)6-9(10)14/h4-6,15H,7,14H2,1-3H3,(H,16,17). The molecule has 0 bridgehead atoms. The van der Waals surface area contributed by atoms with E-state index in [-0.39, 0.29) is 23.7 Å². The third kappa shape index (κ3) is 4.72. The van der Waals surface area contributed by atoms with Gasteiger partial charge in [-0.1, -0.05) is 0 Å². The van der Waals surface area contributed by atoms with Gasteiger partial charge in [-0.25, -0.2) is 4.39 Å². The molecule has 0 saturated heterocycles. The highest BCUT2D eigenvalue weighted by molar-refractivity contribution is 5.82. The number of halogens is 1. The molecule has 0 unspecified atom stereocenters. The Balaban J connectivity index is 2.53. The molecule has 5 heteroatoms. The number of hydrogen-bond donors (Lipinski definition) is 3. The molecule has 0 spiro atoms. The summed E-state index contributed by atoms with van der Waals surface area (Å²) < 4.78 is 12.8. The summed E-state index contributed by atoms with van der Waals surface area (Å²) in [5, 5.41) is 5.66. The van der Waals surface area contributed by atoms with E-state index in [4.69, 9.17) is 5.73 Å². The van der Waals surface area contributed by atoms with Crippen LogP contribution in [0.5, 0.6) is 0 Å². The number of carbonyl (C=O) groups excluding carboxylic acids is 1. The first-order valence-corrected chi connectivity index (χ1v) is 5.38. The molecule has 0 saturated carbocycles. The Morgan fingerprint density at radius 1 is 1.41 bits per heavy atom. The topological polar surface area (TPSA) is 67.2 Å². The van der Waals surface area contributed by atoms with Crippen molar-refractivity contribution in [2.45, 2.75) is 26.3 Å². The number of rotatable bonds is 3. The highest BCUT2D eigenvalue weighted by Crippen LogP contribution is 2.18. The SMILES string of the molecule is CC(C)(C)NC(=O)CNc1ccc(F)cc1N. The number of nitrogens with two attached hydrogens (primary N) is 1. The molecule has 1 aromatic carbocycles. The minimum atomic E-state index is -0.396. The van der Waals surface area contributed by atoms with Crippen LogP contribution in [0, 0.1) is 5.82 Å². The van der Waals surface area contributed by atoms with Crippen molar-refractivity contribution >= 4 is 17.3 Å². The quantitative estimate of drug-likeness (QED) is 0.704. The van der Waals surface area contributed by atoms with E-state index in [1.807, 2.05) is 20.8 Å². The van der Waals surface area contributed by atoms with E-state index in [9.17, 15) is 9.18 Å². The van der Waals surface area contributed by atoms with Gasteiger partial charge in [0.05, 0.1) is 17.9 Å². The van der Waals surface area contributed by atoms with Crippen LogP contribution in [0.4, 0.5) is 15.8 Å². The zero-order valence-electron chi connectivity index (χ0n) is 10.3. The molecule has 1 aromatic rings. The van der Waals surface area contributed by atoms with E-state index in [0.717, 1.165) is 0 Å². The lowest BCUT2D eigenvalue weighted by Gasteiger charge is -2.20. The first-order valence-electron chi connectivity index (χ1n) is 5.38. The number of amides is 1. The molecule has 4 nitrogen and oxygen atoms in total. The Morgan fingerprint density at radius 2 is 2.06 bits per heavy atom. The normalized spacial score (nSPS) is 11.1. The fourth-order valence-electron chi connectivity index (χ4n) is 1.33. The van der Waals surface area contributed by atoms with Crippen molar-refractivity contribution in [1.82, 2.24) is 5.32 Å². The monoisotopic (exact) mass is 239 g/mol. The Kier molecular flexibility index (Phi) is 3.93. The van der Waals surface area contributed by atoms with Gasteiger partial charge in [0.1, 0.15) is 5.82 Å². The summed E-state index contributed by atoms with van der Waals surface area (Å²) in [6.45, 7) is 5.80. The van der Waals surface area contributed by atoms with Crippen LogP contribution < -0.4 is 16.4 Å². The van der Waals surface area contributed by atoms with Gasteiger partial charge in [-0.15, -0.1) is 0 Å². The largest absolute Gasteiger partial charge is 0.397 e. The minimum absolute atomic E-state index is 0.104. The van der Waals surface area contributed by atoms with E-state index in [1.54, 1.807) is 0 Å². The van der Waals surface area contributed by atoms with Gasteiger partial charge >= 0.3 is 0 Å². The average molecular weight is 239 g/mol. The van der Waals surface area contributed by atoms with Crippen molar-refractivity contribution in [3.05, 3.63) is 24.0 Å². The van der Waals surface area contributed by atoms with Crippen LogP contribution in [-0.2, 0) is 4.79 Å². The van der Waals surface area contributed by atoms with E-state index in [0.29, 0.717) is 5.69 Å². The number of hydrogen-bond acceptors (Lipinski definition) is 3. The predicted molar refractivity (Wildman–Crippen MR) is 67.2 cm³/mol. The van der Waals surface area contributed by atoms with Crippen LogP contribution >= 0.6 is 0 Å². The van der Waals surface area contributed by atoms with Gasteiger partial charge in [-0.2, -0.15) is 0 Å². The molecule has 94 valence electrons. The summed E-state index contributed by atoms with van der Waals surface area (Å²) >= 11 is 0. The summed E-state index contributed by atoms with van der Waals surface area (Å²) in [5.41, 5.74) is 6.17. The Labute approximate surface area is 100 Å². The summed E-state index contributed by atoms with van der Waals surface area (Å²) in [5.74, 6) is -0.534. The molecule has 0 fully saturated rings. The summed E-state index contributed by atoms with van der Waals surface area (Å²) in [6, 6.07) is 4.01. The third-order valence-electron chi connectivity index (χ3n) is 1.97. The van der Waals surface area contributed by atoms with Gasteiger partial charge in [0, 0.05) is 5.54 Å². The second-order valence-corrected chi connectivity index (χ2v) is 4.88. The molecule has 17 heavy (non-hydrogen) atoms. The molecule has 0 aromatic heterocycles. The van der Waals surface area contributed by atoms with Crippen LogP contribution in [0.2, 0.25) is 0 Å². The smallest absolute Gasteiger partial charge is 0.239 e. The van der Waals surface area contributed by atoms with Gasteiger partial charge in [0.25, 0.3) is 0 Å². The lowest BCUT2D eigenvalue weighted by molar-refractivity contribution is -0.120. The number of anilines is 2. The van der Waals surface area contributed by atoms with Crippen molar-refractivity contribution in [2.75, 3.05) is 17.6 Å². The summed E-state index contributed by atoms with van der Waals surface area (Å²) in [4.78, 5) is 11.5. The summed E-state index contributed by atoms with van der Waals surface area (Å²) in [7, 11) is 0. The van der Waals surface area contributed by atoms with E-state index in [2.05, 4.69) is 10.6 Å². The number of nitrogens with one attached hydrogen (secondary N) is 2. The minimum Gasteiger partial charge on any atom is -0.397 e. The summed E-state index contributed by atoms with van der Waals surface area (Å²) in [6.07, 6.45) is 0. The maximum Gasteiger partial charge on any atom is 0.239 e. The van der Waals surface area contributed by atoms with Gasteiger partial charge in [0.15, 0.2) is 0 Å². The van der Waals surface area contributed by atoms with Gasteiger partial charge in [-0.05, 0) is 39.0 Å². The first-order chi connectivity index (χ1) is 7.78. The maximum atomic E-state index is 12.8. The van der Waals surface area contributed by atoms with Gasteiger partial charge in [-0.3, -0.25) is 4.79 Å². The zero-order chi connectivity index (χ0) is 13.1. The fourth-order valence-corrected chi connectivity index (χ4v) is 1.33. The first kappa shape index (κ1) is 13.3. The number of nitrogen functional groups attached to an aromatic ring is 1. The van der Waals surface area contributed by atoms with E-state index >= 15 is 0 Å². The molecule has 0 heterocycles. The predicted octanol–water partition coefficient (Wildman–Crippen LogP) is 1.73. The highest BCUT2D eigenvalue weighted by atomic mass is 19.1. The molecule has 1 rings (SSSR count). The second kappa shape index (κ2) is 5.03. The van der Waals surface area contributed by atoms with Crippen molar-refractivity contribution in [2.24, 2.45) is 0 Å². The Hall–Kier alpha value is -1.78. The van der Waals surface area contributed by atoms with Crippen LogP contribution in [0.25, 0.3) is 0 Å². The molecule has 0 aliphatic rings. The van der Waals surface area contributed by atoms with Crippen molar-refractivity contribution < 1.29 is 9.18 Å². The third-order valence-corrected chi connectivity index (χ3v) is 1.97. The van der Waals surface area contributed by atoms with Crippen LogP contribution in [0.15, 0.2) is 18.2 Å². The van der Waals surface area contributed by atoms with Crippen LogP contribution in [-0.4, -0.2) is 18.0 Å². The molecular weight excluding hydrogens is 221 g/mol. The molecule has 4 N–H and O–H groups in total. The zero-order valence-corrected chi connectivity index (χ0v) is 10.3.